The predicted octanol–water partition coefficient (Wildman–Crippen LogP) is 1.69. The highest BCUT2D eigenvalue weighted by molar-refractivity contribution is 6.07. The Labute approximate surface area is 107 Å². The van der Waals surface area contributed by atoms with E-state index in [1.807, 2.05) is 0 Å². The number of carbonyl (C=O) groups is 1. The largest absolute Gasteiger partial charge is 0.464 e. The number of esters is 1. The fraction of sp³-hybridized carbons (Fsp3) is 0.154. The molecule has 2 rings (SSSR count). The van der Waals surface area contributed by atoms with Crippen LogP contribution in [0.1, 0.15) is 5.56 Å². The number of carbonyl (C=O) groups excluding carboxylic acids is 2. The van der Waals surface area contributed by atoms with Crippen LogP contribution in [0.3, 0.4) is 0 Å². The van der Waals surface area contributed by atoms with Crippen LogP contribution in [0.25, 0.3) is 5.57 Å². The molecule has 1 aliphatic heterocycles. The maximum Gasteiger partial charge on any atom is 0.354 e. The predicted molar refractivity (Wildman–Crippen MR) is 64.0 cm³/mol. The van der Waals surface area contributed by atoms with Gasteiger partial charge in [-0.2, -0.15) is 0 Å². The molecule has 0 spiro atoms. The molecule has 6 heteroatoms. The van der Waals surface area contributed by atoms with Crippen molar-refractivity contribution < 1.29 is 23.1 Å². The van der Waals surface area contributed by atoms with Crippen molar-refractivity contribution in [1.82, 2.24) is 0 Å². The molecule has 0 amide bonds. The summed E-state index contributed by atoms with van der Waals surface area (Å²) >= 11 is 0. The average molecular weight is 265 g/mol. The maximum absolute atomic E-state index is 13.8. The lowest BCUT2D eigenvalue weighted by molar-refractivity contribution is -0.136. The van der Waals surface area contributed by atoms with Crippen LogP contribution in [0.4, 0.5) is 14.5 Å². The molecule has 1 heterocycles. The van der Waals surface area contributed by atoms with Crippen LogP contribution in [0.5, 0.6) is 0 Å². The standard InChI is InChI=1S/C13H9F2NO3/c1-16-11(13(18)19-2)3-7(6-17)9-4-8(14)5-10(15)12(9)16/h3-5H,1-2H3. The van der Waals surface area contributed by atoms with Crippen LogP contribution in [-0.4, -0.2) is 26.1 Å². The third-order valence-corrected chi connectivity index (χ3v) is 2.80. The Kier molecular flexibility index (Phi) is 3.19. The number of hydrogen-bond acceptors (Lipinski definition) is 4. The van der Waals surface area contributed by atoms with Crippen molar-refractivity contribution in [2.24, 2.45) is 0 Å². The molecule has 1 aromatic carbocycles. The second-order valence-electron chi connectivity index (χ2n) is 3.88. The Morgan fingerprint density at radius 3 is 2.63 bits per heavy atom. The Morgan fingerprint density at radius 2 is 2.05 bits per heavy atom. The maximum atomic E-state index is 13.8. The third-order valence-electron chi connectivity index (χ3n) is 2.80. The highest BCUT2D eigenvalue weighted by Crippen LogP contribution is 2.36. The number of anilines is 1. The lowest BCUT2D eigenvalue weighted by Gasteiger charge is -2.27. The average Bonchev–Trinajstić information content (AvgIpc) is 2.37. The Balaban J connectivity index is 2.71. The highest BCUT2D eigenvalue weighted by Gasteiger charge is 2.28. The quantitative estimate of drug-likeness (QED) is 0.572. The van der Waals surface area contributed by atoms with Gasteiger partial charge in [0.25, 0.3) is 0 Å². The molecule has 0 radical (unpaired) electrons. The molecule has 0 aromatic heterocycles. The van der Waals surface area contributed by atoms with Gasteiger partial charge in [-0.05, 0) is 12.1 Å². The van der Waals surface area contributed by atoms with Gasteiger partial charge >= 0.3 is 5.97 Å². The van der Waals surface area contributed by atoms with E-state index in [4.69, 9.17) is 0 Å². The number of benzene rings is 1. The summed E-state index contributed by atoms with van der Waals surface area (Å²) < 4.78 is 31.6. The Hall–Kier alpha value is -2.46. The minimum Gasteiger partial charge on any atom is -0.464 e. The molecule has 1 aliphatic rings. The summed E-state index contributed by atoms with van der Waals surface area (Å²) in [6.07, 6.45) is 1.18. The summed E-state index contributed by atoms with van der Waals surface area (Å²) in [4.78, 5) is 23.6. The van der Waals surface area contributed by atoms with E-state index < -0.39 is 17.6 Å². The van der Waals surface area contributed by atoms with Crippen LogP contribution in [0.15, 0.2) is 23.9 Å². The van der Waals surface area contributed by atoms with Gasteiger partial charge in [0, 0.05) is 18.7 Å². The highest BCUT2D eigenvalue weighted by atomic mass is 19.1. The molecule has 0 aliphatic carbocycles. The van der Waals surface area contributed by atoms with Gasteiger partial charge in [-0.25, -0.2) is 18.4 Å². The summed E-state index contributed by atoms with van der Waals surface area (Å²) in [5.41, 5.74) is -0.156. The molecule has 19 heavy (non-hydrogen) atoms. The zero-order valence-electron chi connectivity index (χ0n) is 10.2. The number of methoxy groups -OCH3 is 1. The fourth-order valence-electron chi connectivity index (χ4n) is 1.93. The number of allylic oxidation sites excluding steroid dienone is 2. The van der Waals surface area contributed by atoms with Crippen molar-refractivity contribution in [3.8, 4) is 0 Å². The van der Waals surface area contributed by atoms with E-state index in [2.05, 4.69) is 4.74 Å². The van der Waals surface area contributed by atoms with E-state index in [-0.39, 0.29) is 22.5 Å². The Bertz CT molecular complexity index is 646. The SMILES string of the molecule is COC(=O)C1=CC(=C=O)c2cc(F)cc(F)c2N1C. The van der Waals surface area contributed by atoms with Crippen LogP contribution in [0, 0.1) is 11.6 Å². The van der Waals surface area contributed by atoms with Crippen molar-refractivity contribution >= 4 is 23.2 Å². The number of fused-ring (bicyclic) bond motifs is 1. The molecule has 0 bridgehead atoms. The summed E-state index contributed by atoms with van der Waals surface area (Å²) in [7, 11) is 2.59. The van der Waals surface area contributed by atoms with E-state index in [1.165, 1.54) is 18.0 Å². The van der Waals surface area contributed by atoms with Gasteiger partial charge in [0.2, 0.25) is 0 Å². The van der Waals surface area contributed by atoms with Gasteiger partial charge in [-0.15, -0.1) is 0 Å². The van der Waals surface area contributed by atoms with Gasteiger partial charge in [0.1, 0.15) is 23.3 Å². The smallest absolute Gasteiger partial charge is 0.354 e. The molecular formula is C13H9F2NO3. The van der Waals surface area contributed by atoms with E-state index in [0.29, 0.717) is 6.07 Å². The molecule has 0 fully saturated rings. The summed E-state index contributed by atoms with van der Waals surface area (Å²) in [6, 6.07) is 1.69. The van der Waals surface area contributed by atoms with Crippen molar-refractivity contribution in [1.29, 1.82) is 0 Å². The van der Waals surface area contributed by atoms with Crippen molar-refractivity contribution in [3.05, 3.63) is 41.1 Å². The monoisotopic (exact) mass is 265 g/mol. The molecular weight excluding hydrogens is 256 g/mol. The van der Waals surface area contributed by atoms with Gasteiger partial charge in [-0.3, -0.25) is 0 Å². The fourth-order valence-corrected chi connectivity index (χ4v) is 1.93. The minimum atomic E-state index is -0.875. The van der Waals surface area contributed by atoms with Crippen LogP contribution >= 0.6 is 0 Å². The first kappa shape index (κ1) is 13.0. The number of halogens is 2. The summed E-state index contributed by atoms with van der Waals surface area (Å²) in [6.45, 7) is 0. The number of likely N-dealkylation sites (N-methyl/N-ethyl adjacent to an activating group) is 1. The first-order chi connectivity index (χ1) is 8.99. The first-order valence-electron chi connectivity index (χ1n) is 5.28. The summed E-state index contributed by atoms with van der Waals surface area (Å²) in [5.74, 6) is -0.853. The summed E-state index contributed by atoms with van der Waals surface area (Å²) in [5, 5.41) is 0. The van der Waals surface area contributed by atoms with Crippen molar-refractivity contribution in [2.75, 3.05) is 19.1 Å². The molecule has 4 nitrogen and oxygen atoms in total. The number of hydrogen-bond donors (Lipinski definition) is 0. The topological polar surface area (TPSA) is 46.6 Å². The number of rotatable bonds is 1. The zero-order valence-corrected chi connectivity index (χ0v) is 10.2. The molecule has 0 saturated heterocycles. The van der Waals surface area contributed by atoms with Gasteiger partial charge < -0.3 is 9.64 Å². The normalized spacial score (nSPS) is 13.6. The molecule has 0 unspecified atom stereocenters. The molecule has 0 saturated carbocycles. The zero-order chi connectivity index (χ0) is 14.2. The second kappa shape index (κ2) is 4.66. The van der Waals surface area contributed by atoms with Gasteiger partial charge in [0.05, 0.1) is 18.4 Å². The van der Waals surface area contributed by atoms with E-state index in [1.54, 1.807) is 5.94 Å². The van der Waals surface area contributed by atoms with E-state index in [0.717, 1.165) is 13.2 Å². The molecule has 1 aromatic rings. The van der Waals surface area contributed by atoms with Crippen molar-refractivity contribution in [3.63, 3.8) is 0 Å². The lowest BCUT2D eigenvalue weighted by Crippen LogP contribution is -2.28. The molecule has 98 valence electrons. The van der Waals surface area contributed by atoms with Gasteiger partial charge in [-0.1, -0.05) is 0 Å². The minimum absolute atomic E-state index is 0.0288. The number of ether oxygens (including phenoxy) is 1. The van der Waals surface area contributed by atoms with Crippen LogP contribution in [-0.2, 0) is 14.3 Å². The third kappa shape index (κ3) is 2.02. The van der Waals surface area contributed by atoms with Crippen LogP contribution < -0.4 is 4.90 Å². The van der Waals surface area contributed by atoms with E-state index >= 15 is 0 Å². The van der Waals surface area contributed by atoms with Crippen molar-refractivity contribution in [2.45, 2.75) is 0 Å². The molecule has 0 atom stereocenters. The molecule has 0 N–H and O–H groups in total. The second-order valence-corrected chi connectivity index (χ2v) is 3.88. The Morgan fingerprint density at radius 1 is 1.37 bits per heavy atom. The van der Waals surface area contributed by atoms with E-state index in [9.17, 15) is 18.4 Å². The van der Waals surface area contributed by atoms with Crippen LogP contribution in [0.2, 0.25) is 0 Å². The lowest BCUT2D eigenvalue weighted by atomic mass is 9.98. The first-order valence-corrected chi connectivity index (χ1v) is 5.28. The van der Waals surface area contributed by atoms with Gasteiger partial charge in [0.15, 0.2) is 0 Å². The number of nitrogens with zero attached hydrogens (tertiary/aromatic N) is 1.